The Hall–Kier alpha value is -2.39. The van der Waals surface area contributed by atoms with E-state index in [0.717, 1.165) is 29.7 Å². The second-order valence-electron chi connectivity index (χ2n) is 7.07. The minimum absolute atomic E-state index is 0. The van der Waals surface area contributed by atoms with Gasteiger partial charge in [0.15, 0.2) is 5.69 Å². The number of nitrogens with zero attached hydrogens (tertiary/aromatic N) is 2. The molecule has 0 bridgehead atoms. The van der Waals surface area contributed by atoms with Crippen molar-refractivity contribution in [1.82, 2.24) is 15.1 Å². The number of aryl methyl sites for hydroxylation is 1. The van der Waals surface area contributed by atoms with Crippen LogP contribution in [0.4, 0.5) is 13.2 Å². The first-order valence-corrected chi connectivity index (χ1v) is 8.97. The van der Waals surface area contributed by atoms with Crippen LogP contribution in [0.25, 0.3) is 5.69 Å². The number of halogens is 4. The summed E-state index contributed by atoms with van der Waals surface area (Å²) in [5.41, 5.74) is 3.11. The van der Waals surface area contributed by atoms with Gasteiger partial charge in [-0.15, -0.1) is 12.4 Å². The van der Waals surface area contributed by atoms with E-state index in [2.05, 4.69) is 10.4 Å². The van der Waals surface area contributed by atoms with Crippen molar-refractivity contribution in [3.63, 3.8) is 0 Å². The number of alkyl halides is 3. The van der Waals surface area contributed by atoms with Gasteiger partial charge in [-0.05, 0) is 31.9 Å². The standard InChI is InChI=1S/C19H21F3N4O2.ClH/c1-12-10-15(27)16(17(28)24-18(11-23)8-4-5-9-18)25-26(12)14-7-3-2-6-13(14)19(20,21)22;/h2-3,6-7,10H,4-5,8-9,11,23H2,1H3,(H,24,28);1H. The average Bonchev–Trinajstić information content (AvgIpc) is 3.10. The van der Waals surface area contributed by atoms with Gasteiger partial charge in [-0.25, -0.2) is 4.68 Å². The molecule has 0 spiro atoms. The van der Waals surface area contributed by atoms with Crippen LogP contribution in [0.15, 0.2) is 35.1 Å². The molecule has 0 aliphatic heterocycles. The summed E-state index contributed by atoms with van der Waals surface area (Å²) >= 11 is 0. The summed E-state index contributed by atoms with van der Waals surface area (Å²) in [4.78, 5) is 25.0. The minimum Gasteiger partial charge on any atom is -0.344 e. The van der Waals surface area contributed by atoms with Crippen LogP contribution in [-0.2, 0) is 6.18 Å². The molecule has 158 valence electrons. The number of carbonyl (C=O) groups is 1. The Morgan fingerprint density at radius 3 is 2.48 bits per heavy atom. The van der Waals surface area contributed by atoms with Crippen molar-refractivity contribution in [2.75, 3.05) is 6.54 Å². The Morgan fingerprint density at radius 1 is 1.28 bits per heavy atom. The van der Waals surface area contributed by atoms with E-state index >= 15 is 0 Å². The lowest BCUT2D eigenvalue weighted by Gasteiger charge is -2.28. The molecule has 1 fully saturated rings. The molecule has 0 atom stereocenters. The molecule has 1 aromatic carbocycles. The van der Waals surface area contributed by atoms with Gasteiger partial charge in [0.1, 0.15) is 0 Å². The van der Waals surface area contributed by atoms with Crippen molar-refractivity contribution in [1.29, 1.82) is 0 Å². The van der Waals surface area contributed by atoms with E-state index in [4.69, 9.17) is 5.73 Å². The van der Waals surface area contributed by atoms with Crippen LogP contribution in [-0.4, -0.2) is 27.8 Å². The lowest BCUT2D eigenvalue weighted by molar-refractivity contribution is -0.137. The van der Waals surface area contributed by atoms with Crippen LogP contribution in [0.5, 0.6) is 0 Å². The van der Waals surface area contributed by atoms with Crippen LogP contribution < -0.4 is 16.5 Å². The van der Waals surface area contributed by atoms with Crippen LogP contribution in [0.3, 0.4) is 0 Å². The number of hydrogen-bond donors (Lipinski definition) is 2. The number of benzene rings is 1. The lowest BCUT2D eigenvalue weighted by Crippen LogP contribution is -2.52. The third-order valence-corrected chi connectivity index (χ3v) is 5.09. The molecule has 3 N–H and O–H groups in total. The second kappa shape index (κ2) is 8.54. The number of aromatic nitrogens is 2. The highest BCUT2D eigenvalue weighted by Crippen LogP contribution is 2.33. The molecule has 1 aliphatic rings. The van der Waals surface area contributed by atoms with E-state index in [1.165, 1.54) is 25.1 Å². The first-order chi connectivity index (χ1) is 13.2. The fourth-order valence-corrected chi connectivity index (χ4v) is 3.58. The Kier molecular flexibility index (Phi) is 6.74. The molecule has 29 heavy (non-hydrogen) atoms. The molecule has 10 heteroatoms. The third-order valence-electron chi connectivity index (χ3n) is 5.09. The first-order valence-electron chi connectivity index (χ1n) is 8.97. The van der Waals surface area contributed by atoms with Crippen molar-refractivity contribution in [3.05, 3.63) is 57.5 Å². The molecule has 2 aromatic rings. The Labute approximate surface area is 171 Å². The van der Waals surface area contributed by atoms with E-state index in [-0.39, 0.29) is 30.3 Å². The van der Waals surface area contributed by atoms with Crippen LogP contribution >= 0.6 is 12.4 Å². The van der Waals surface area contributed by atoms with Crippen molar-refractivity contribution in [2.45, 2.75) is 44.3 Å². The van der Waals surface area contributed by atoms with Crippen LogP contribution in [0.2, 0.25) is 0 Å². The van der Waals surface area contributed by atoms with Gasteiger partial charge in [-0.1, -0.05) is 25.0 Å². The fraction of sp³-hybridized carbons (Fsp3) is 0.421. The molecule has 3 rings (SSSR count). The van der Waals surface area contributed by atoms with Crippen molar-refractivity contribution < 1.29 is 18.0 Å². The highest BCUT2D eigenvalue weighted by Gasteiger charge is 2.36. The Bertz CT molecular complexity index is 953. The van der Waals surface area contributed by atoms with E-state index < -0.39 is 34.3 Å². The van der Waals surface area contributed by atoms with Gasteiger partial charge in [-0.2, -0.15) is 18.3 Å². The largest absolute Gasteiger partial charge is 0.418 e. The third kappa shape index (κ3) is 4.62. The number of hydrogen-bond acceptors (Lipinski definition) is 4. The molecular weight excluding hydrogens is 409 g/mol. The number of rotatable bonds is 4. The maximum absolute atomic E-state index is 13.4. The monoisotopic (exact) mass is 430 g/mol. The highest BCUT2D eigenvalue weighted by atomic mass is 35.5. The molecule has 1 saturated carbocycles. The summed E-state index contributed by atoms with van der Waals surface area (Å²) in [6, 6.07) is 5.98. The molecular formula is C19H22ClF3N4O2. The second-order valence-corrected chi connectivity index (χ2v) is 7.07. The molecule has 0 saturated heterocycles. The van der Waals surface area contributed by atoms with E-state index in [0.29, 0.717) is 12.8 Å². The van der Waals surface area contributed by atoms with Gasteiger partial charge >= 0.3 is 6.18 Å². The number of para-hydroxylation sites is 1. The predicted molar refractivity (Wildman–Crippen MR) is 105 cm³/mol. The van der Waals surface area contributed by atoms with E-state index in [1.54, 1.807) is 0 Å². The fourth-order valence-electron chi connectivity index (χ4n) is 3.58. The predicted octanol–water partition coefficient (Wildman–Crippen LogP) is 2.98. The zero-order valence-corrected chi connectivity index (χ0v) is 16.6. The summed E-state index contributed by atoms with van der Waals surface area (Å²) in [5, 5.41) is 6.76. The number of nitrogens with one attached hydrogen (secondary N) is 1. The van der Waals surface area contributed by atoms with Crippen molar-refractivity contribution in [2.24, 2.45) is 5.73 Å². The van der Waals surface area contributed by atoms with E-state index in [9.17, 15) is 22.8 Å². The molecule has 1 heterocycles. The lowest BCUT2D eigenvalue weighted by atomic mass is 9.97. The van der Waals surface area contributed by atoms with Gasteiger partial charge in [0.05, 0.1) is 16.8 Å². The van der Waals surface area contributed by atoms with Gasteiger partial charge in [0.25, 0.3) is 5.91 Å². The maximum atomic E-state index is 13.4. The van der Waals surface area contributed by atoms with Gasteiger partial charge in [0, 0.05) is 18.3 Å². The van der Waals surface area contributed by atoms with Gasteiger partial charge < -0.3 is 11.1 Å². The number of amides is 1. The molecule has 1 aliphatic carbocycles. The normalized spacial score (nSPS) is 15.6. The topological polar surface area (TPSA) is 90.0 Å². The average molecular weight is 431 g/mol. The first kappa shape index (κ1) is 22.9. The smallest absolute Gasteiger partial charge is 0.344 e. The van der Waals surface area contributed by atoms with Crippen molar-refractivity contribution >= 4 is 18.3 Å². The summed E-state index contributed by atoms with van der Waals surface area (Å²) in [6.07, 6.45) is -1.42. The van der Waals surface area contributed by atoms with Crippen molar-refractivity contribution in [3.8, 4) is 5.69 Å². The minimum atomic E-state index is -4.61. The van der Waals surface area contributed by atoms with E-state index in [1.807, 2.05) is 0 Å². The Balaban J connectivity index is 0.00000300. The molecule has 0 radical (unpaired) electrons. The summed E-state index contributed by atoms with van der Waals surface area (Å²) in [6.45, 7) is 1.68. The summed E-state index contributed by atoms with van der Waals surface area (Å²) in [5.74, 6) is -0.726. The molecule has 1 amide bonds. The highest BCUT2D eigenvalue weighted by molar-refractivity contribution is 5.92. The van der Waals surface area contributed by atoms with Crippen LogP contribution in [0.1, 0.15) is 47.4 Å². The molecule has 1 aromatic heterocycles. The molecule has 6 nitrogen and oxygen atoms in total. The SMILES string of the molecule is Cc1cc(=O)c(C(=O)NC2(CN)CCCC2)nn1-c1ccccc1C(F)(F)F.Cl. The number of carbonyl (C=O) groups excluding carboxylic acids is 1. The van der Waals surface area contributed by atoms with Crippen LogP contribution in [0, 0.1) is 6.92 Å². The molecule has 0 unspecified atom stereocenters. The zero-order chi connectivity index (χ0) is 20.5. The quantitative estimate of drug-likeness (QED) is 0.780. The Morgan fingerprint density at radius 2 is 1.90 bits per heavy atom. The zero-order valence-electron chi connectivity index (χ0n) is 15.8. The summed E-state index contributed by atoms with van der Waals surface area (Å²) in [7, 11) is 0. The maximum Gasteiger partial charge on any atom is 0.418 e. The number of nitrogens with two attached hydrogens (primary N) is 1. The van der Waals surface area contributed by atoms with Gasteiger partial charge in [0.2, 0.25) is 5.43 Å². The summed E-state index contributed by atoms with van der Waals surface area (Å²) < 4.78 is 41.1. The van der Waals surface area contributed by atoms with Gasteiger partial charge in [-0.3, -0.25) is 9.59 Å².